The van der Waals surface area contributed by atoms with Crippen LogP contribution in [0, 0.1) is 5.92 Å². The van der Waals surface area contributed by atoms with E-state index in [1.165, 1.54) is 9.87 Å². The number of nitrogens with zero attached hydrogens (tertiary/aromatic N) is 3. The van der Waals surface area contributed by atoms with Crippen molar-refractivity contribution in [2.45, 2.75) is 31.7 Å². The molecule has 0 spiro atoms. The summed E-state index contributed by atoms with van der Waals surface area (Å²) in [6.07, 6.45) is 0.206. The third kappa shape index (κ3) is 6.63. The van der Waals surface area contributed by atoms with Gasteiger partial charge in [-0.25, -0.2) is 8.42 Å². The van der Waals surface area contributed by atoms with Crippen molar-refractivity contribution in [2.75, 3.05) is 39.3 Å². The van der Waals surface area contributed by atoms with E-state index in [0.29, 0.717) is 19.6 Å². The maximum absolute atomic E-state index is 13.1. The molecule has 0 N–H and O–H groups in total. The van der Waals surface area contributed by atoms with Crippen LogP contribution in [0.3, 0.4) is 0 Å². The molecule has 1 amide bonds. The lowest BCUT2D eigenvalue weighted by Crippen LogP contribution is -2.49. The predicted octanol–water partition coefficient (Wildman–Crippen LogP) is 3.07. The fourth-order valence-corrected chi connectivity index (χ4v) is 5.46. The molecule has 1 saturated heterocycles. The minimum Gasteiger partial charge on any atom is -0.340 e. The first-order valence-electron chi connectivity index (χ1n) is 11.0. The third-order valence-corrected chi connectivity index (χ3v) is 7.38. The highest BCUT2D eigenvalue weighted by atomic mass is 32.2. The smallest absolute Gasteiger partial charge is 0.243 e. The molecular formula is C24H33N3O3S. The Hall–Kier alpha value is -2.22. The number of carbonyl (C=O) groups is 1. The second kappa shape index (κ2) is 10.9. The van der Waals surface area contributed by atoms with Crippen molar-refractivity contribution in [1.82, 2.24) is 14.1 Å². The number of carbonyl (C=O) groups excluding carboxylic acids is 1. The van der Waals surface area contributed by atoms with Gasteiger partial charge in [-0.15, -0.1) is 0 Å². The van der Waals surface area contributed by atoms with Crippen LogP contribution in [0.1, 0.15) is 25.8 Å². The van der Waals surface area contributed by atoms with Crippen molar-refractivity contribution in [3.05, 3.63) is 66.2 Å². The molecule has 1 heterocycles. The Kier molecular flexibility index (Phi) is 8.23. The summed E-state index contributed by atoms with van der Waals surface area (Å²) in [5, 5.41) is 0. The van der Waals surface area contributed by atoms with Crippen molar-refractivity contribution in [3.63, 3.8) is 0 Å². The number of hydrogen-bond acceptors (Lipinski definition) is 4. The zero-order chi connectivity index (χ0) is 22.3. The third-order valence-electron chi connectivity index (χ3n) is 5.50. The summed E-state index contributed by atoms with van der Waals surface area (Å²) in [5.41, 5.74) is 1.28. The van der Waals surface area contributed by atoms with Crippen molar-refractivity contribution < 1.29 is 13.2 Å². The summed E-state index contributed by atoms with van der Waals surface area (Å²) in [6.45, 7) is 8.50. The largest absolute Gasteiger partial charge is 0.340 e. The fraction of sp³-hybridized carbons (Fsp3) is 0.458. The Bertz CT molecular complexity index is 925. The first-order chi connectivity index (χ1) is 14.9. The molecular weight excluding hydrogens is 410 g/mol. The molecule has 168 valence electrons. The number of rotatable bonds is 9. The summed E-state index contributed by atoms with van der Waals surface area (Å²) in [7, 11) is -3.61. The van der Waals surface area contributed by atoms with Gasteiger partial charge in [0.05, 0.1) is 4.90 Å². The van der Waals surface area contributed by atoms with E-state index in [9.17, 15) is 13.2 Å². The Morgan fingerprint density at radius 1 is 0.935 bits per heavy atom. The van der Waals surface area contributed by atoms with E-state index in [1.807, 2.05) is 36.9 Å². The van der Waals surface area contributed by atoms with Crippen LogP contribution in [0.15, 0.2) is 65.6 Å². The van der Waals surface area contributed by atoms with Crippen LogP contribution in [0.25, 0.3) is 0 Å². The van der Waals surface area contributed by atoms with Gasteiger partial charge >= 0.3 is 0 Å². The van der Waals surface area contributed by atoms with Crippen molar-refractivity contribution in [3.8, 4) is 0 Å². The van der Waals surface area contributed by atoms with Gasteiger partial charge in [-0.2, -0.15) is 4.31 Å². The van der Waals surface area contributed by atoms with Crippen LogP contribution < -0.4 is 0 Å². The summed E-state index contributed by atoms with van der Waals surface area (Å²) >= 11 is 0. The molecule has 3 rings (SSSR count). The Morgan fingerprint density at radius 2 is 1.52 bits per heavy atom. The van der Waals surface area contributed by atoms with Gasteiger partial charge < -0.3 is 4.90 Å². The van der Waals surface area contributed by atoms with Gasteiger partial charge in [0.25, 0.3) is 0 Å². The molecule has 0 atom stereocenters. The minimum absolute atomic E-state index is 0.0244. The highest BCUT2D eigenvalue weighted by Crippen LogP contribution is 2.18. The molecule has 0 unspecified atom stereocenters. The number of sulfonamides is 1. The molecule has 31 heavy (non-hydrogen) atoms. The van der Waals surface area contributed by atoms with Gasteiger partial charge in [-0.1, -0.05) is 62.4 Å². The SMILES string of the molecule is CC(C)CN(CCC(=O)N1CCN(Cc2ccccc2)CC1)S(=O)(=O)c1ccccc1. The Balaban J connectivity index is 1.54. The van der Waals surface area contributed by atoms with E-state index in [4.69, 9.17) is 0 Å². The van der Waals surface area contributed by atoms with Crippen LogP contribution in [0.4, 0.5) is 0 Å². The number of amides is 1. The lowest BCUT2D eigenvalue weighted by atomic mass is 10.2. The molecule has 0 radical (unpaired) electrons. The molecule has 0 aromatic heterocycles. The van der Waals surface area contributed by atoms with Gasteiger partial charge in [0.2, 0.25) is 15.9 Å². The maximum Gasteiger partial charge on any atom is 0.243 e. The monoisotopic (exact) mass is 443 g/mol. The second-order valence-electron chi connectivity index (χ2n) is 8.46. The Morgan fingerprint density at radius 3 is 2.10 bits per heavy atom. The molecule has 6 nitrogen and oxygen atoms in total. The van der Waals surface area contributed by atoms with Crippen molar-refractivity contribution >= 4 is 15.9 Å². The van der Waals surface area contributed by atoms with Crippen LogP contribution in [0.2, 0.25) is 0 Å². The van der Waals surface area contributed by atoms with Gasteiger partial charge in [0, 0.05) is 52.2 Å². The van der Waals surface area contributed by atoms with Gasteiger partial charge in [0.1, 0.15) is 0 Å². The summed E-state index contributed by atoms with van der Waals surface area (Å²) in [5.74, 6) is 0.200. The van der Waals surface area contributed by atoms with E-state index in [0.717, 1.165) is 19.6 Å². The number of hydrogen-bond donors (Lipinski definition) is 0. The first-order valence-corrected chi connectivity index (χ1v) is 12.4. The quantitative estimate of drug-likeness (QED) is 0.598. The maximum atomic E-state index is 13.1. The van der Waals surface area contributed by atoms with Gasteiger partial charge in [-0.3, -0.25) is 9.69 Å². The predicted molar refractivity (Wildman–Crippen MR) is 123 cm³/mol. The zero-order valence-corrected chi connectivity index (χ0v) is 19.3. The van der Waals surface area contributed by atoms with Gasteiger partial charge in [0.15, 0.2) is 0 Å². The molecule has 2 aromatic rings. The molecule has 1 aliphatic heterocycles. The van der Waals surface area contributed by atoms with E-state index in [1.54, 1.807) is 30.3 Å². The van der Waals surface area contributed by atoms with Crippen LogP contribution in [0.5, 0.6) is 0 Å². The van der Waals surface area contributed by atoms with E-state index in [-0.39, 0.29) is 29.7 Å². The summed E-state index contributed by atoms with van der Waals surface area (Å²) in [6, 6.07) is 18.8. The highest BCUT2D eigenvalue weighted by molar-refractivity contribution is 7.89. The normalized spacial score (nSPS) is 15.5. The summed E-state index contributed by atoms with van der Waals surface area (Å²) < 4.78 is 27.6. The summed E-state index contributed by atoms with van der Waals surface area (Å²) in [4.78, 5) is 17.3. The fourth-order valence-electron chi connectivity index (χ4n) is 3.83. The molecule has 0 saturated carbocycles. The molecule has 0 bridgehead atoms. The zero-order valence-electron chi connectivity index (χ0n) is 18.5. The van der Waals surface area contributed by atoms with Crippen molar-refractivity contribution in [2.24, 2.45) is 5.92 Å². The highest BCUT2D eigenvalue weighted by Gasteiger charge is 2.27. The average Bonchev–Trinajstić information content (AvgIpc) is 2.78. The molecule has 1 fully saturated rings. The van der Waals surface area contributed by atoms with Crippen LogP contribution in [-0.2, 0) is 21.4 Å². The van der Waals surface area contributed by atoms with Crippen molar-refractivity contribution in [1.29, 1.82) is 0 Å². The van der Waals surface area contributed by atoms with Crippen LogP contribution >= 0.6 is 0 Å². The van der Waals surface area contributed by atoms with Crippen LogP contribution in [-0.4, -0.2) is 67.7 Å². The molecule has 7 heteroatoms. The standard InChI is InChI=1S/C24H33N3O3S/c1-21(2)19-27(31(29,30)23-11-7-4-8-12-23)14-13-24(28)26-17-15-25(16-18-26)20-22-9-5-3-6-10-22/h3-12,21H,13-20H2,1-2H3. The molecule has 2 aromatic carbocycles. The average molecular weight is 444 g/mol. The van der Waals surface area contributed by atoms with E-state index >= 15 is 0 Å². The Labute approximate surface area is 186 Å². The molecule has 0 aliphatic carbocycles. The first kappa shape index (κ1) is 23.4. The minimum atomic E-state index is -3.61. The number of benzene rings is 2. The molecule has 1 aliphatic rings. The lowest BCUT2D eigenvalue weighted by Gasteiger charge is -2.35. The topological polar surface area (TPSA) is 60.9 Å². The number of piperazine rings is 1. The lowest BCUT2D eigenvalue weighted by molar-refractivity contribution is -0.133. The van der Waals surface area contributed by atoms with Gasteiger partial charge in [-0.05, 0) is 23.6 Å². The van der Waals surface area contributed by atoms with E-state index in [2.05, 4.69) is 17.0 Å². The second-order valence-corrected chi connectivity index (χ2v) is 10.4. The van der Waals surface area contributed by atoms with E-state index < -0.39 is 10.0 Å².